The molecule has 0 unspecified atom stereocenters. The molecule has 1 aliphatic heterocycles. The zero-order valence-electron chi connectivity index (χ0n) is 10.2. The van der Waals surface area contributed by atoms with Crippen molar-refractivity contribution in [2.24, 2.45) is 0 Å². The van der Waals surface area contributed by atoms with Crippen LogP contribution >= 0.6 is 0 Å². The minimum atomic E-state index is 0.746. The summed E-state index contributed by atoms with van der Waals surface area (Å²) < 4.78 is 5.65. The van der Waals surface area contributed by atoms with Gasteiger partial charge in [-0.05, 0) is 50.9 Å². The molecule has 0 radical (unpaired) electrons. The average Bonchev–Trinajstić information content (AvgIpc) is 2.76. The number of rotatable bonds is 4. The molecule has 88 valence electrons. The number of aromatic nitrogens is 1. The highest BCUT2D eigenvalue weighted by molar-refractivity contribution is 5.26. The van der Waals surface area contributed by atoms with Crippen LogP contribution in [0.5, 0.6) is 5.88 Å². The van der Waals surface area contributed by atoms with Gasteiger partial charge >= 0.3 is 0 Å². The van der Waals surface area contributed by atoms with E-state index in [1.165, 1.54) is 37.1 Å². The lowest BCUT2D eigenvalue weighted by Gasteiger charge is -2.14. The second kappa shape index (κ2) is 5.30. The van der Waals surface area contributed by atoms with E-state index >= 15 is 0 Å². The van der Waals surface area contributed by atoms with Crippen molar-refractivity contribution < 1.29 is 4.74 Å². The summed E-state index contributed by atoms with van der Waals surface area (Å²) in [5.74, 6) is 0.752. The molecule has 0 bridgehead atoms. The van der Waals surface area contributed by atoms with Crippen LogP contribution in [0.3, 0.4) is 0 Å². The van der Waals surface area contributed by atoms with Gasteiger partial charge in [0.2, 0.25) is 5.88 Å². The van der Waals surface area contributed by atoms with Gasteiger partial charge in [-0.1, -0.05) is 0 Å². The van der Waals surface area contributed by atoms with Gasteiger partial charge < -0.3 is 4.74 Å². The zero-order chi connectivity index (χ0) is 11.4. The molecule has 0 saturated carbocycles. The van der Waals surface area contributed by atoms with Gasteiger partial charge in [0.05, 0.1) is 0 Å². The summed E-state index contributed by atoms with van der Waals surface area (Å²) in [6, 6.07) is 2.01. The Bertz CT molecular complexity index is 346. The number of likely N-dealkylation sites (tertiary alicyclic amines) is 1. The van der Waals surface area contributed by atoms with Crippen LogP contribution in [0.1, 0.15) is 24.0 Å². The summed E-state index contributed by atoms with van der Waals surface area (Å²) in [5, 5.41) is 0. The Hall–Kier alpha value is -1.09. The SMILES string of the molecule is Cc1cnc(OCCN2CCCC2)cc1C. The quantitative estimate of drug-likeness (QED) is 0.777. The van der Waals surface area contributed by atoms with Gasteiger partial charge in [0, 0.05) is 18.8 Å². The number of nitrogens with zero attached hydrogens (tertiary/aromatic N) is 2. The smallest absolute Gasteiger partial charge is 0.213 e. The van der Waals surface area contributed by atoms with E-state index in [0.29, 0.717) is 0 Å². The molecule has 1 saturated heterocycles. The van der Waals surface area contributed by atoms with Crippen molar-refractivity contribution in [3.8, 4) is 5.88 Å². The molecule has 0 spiro atoms. The maximum atomic E-state index is 5.65. The van der Waals surface area contributed by atoms with Crippen LogP contribution in [-0.4, -0.2) is 36.1 Å². The van der Waals surface area contributed by atoms with Crippen LogP contribution in [0.2, 0.25) is 0 Å². The molecule has 1 aromatic heterocycles. The highest BCUT2D eigenvalue weighted by atomic mass is 16.5. The van der Waals surface area contributed by atoms with Gasteiger partial charge in [-0.2, -0.15) is 0 Å². The first-order chi connectivity index (χ1) is 7.75. The van der Waals surface area contributed by atoms with Crippen LogP contribution in [0.25, 0.3) is 0 Å². The maximum absolute atomic E-state index is 5.65. The first-order valence-electron chi connectivity index (χ1n) is 6.04. The standard InChI is InChI=1S/C13H20N2O/c1-11-9-13(14-10-12(11)2)16-8-7-15-5-3-4-6-15/h9-10H,3-8H2,1-2H3. The predicted molar refractivity (Wildman–Crippen MR) is 64.9 cm³/mol. The minimum Gasteiger partial charge on any atom is -0.476 e. The molecule has 0 aromatic carbocycles. The normalized spacial score (nSPS) is 16.6. The van der Waals surface area contributed by atoms with E-state index in [9.17, 15) is 0 Å². The molecule has 2 heterocycles. The number of hydrogen-bond donors (Lipinski definition) is 0. The third kappa shape index (κ3) is 2.95. The van der Waals surface area contributed by atoms with Crippen molar-refractivity contribution in [1.82, 2.24) is 9.88 Å². The topological polar surface area (TPSA) is 25.4 Å². The molecule has 3 nitrogen and oxygen atoms in total. The molecule has 0 amide bonds. The van der Waals surface area contributed by atoms with Crippen molar-refractivity contribution in [3.05, 3.63) is 23.4 Å². The summed E-state index contributed by atoms with van der Waals surface area (Å²) in [6.07, 6.45) is 4.55. The fraction of sp³-hybridized carbons (Fsp3) is 0.615. The molecule has 0 aliphatic carbocycles. The second-order valence-electron chi connectivity index (χ2n) is 4.50. The van der Waals surface area contributed by atoms with E-state index in [-0.39, 0.29) is 0 Å². The first kappa shape index (κ1) is 11.4. The molecule has 1 aromatic rings. The molecular weight excluding hydrogens is 200 g/mol. The van der Waals surface area contributed by atoms with Gasteiger partial charge in [-0.15, -0.1) is 0 Å². The van der Waals surface area contributed by atoms with E-state index in [1.807, 2.05) is 12.3 Å². The van der Waals surface area contributed by atoms with E-state index in [0.717, 1.165) is 19.0 Å². The number of ether oxygens (including phenoxy) is 1. The number of aryl methyl sites for hydroxylation is 2. The van der Waals surface area contributed by atoms with Gasteiger partial charge in [-0.25, -0.2) is 4.98 Å². The second-order valence-corrected chi connectivity index (χ2v) is 4.50. The Morgan fingerprint density at radius 2 is 2.00 bits per heavy atom. The third-order valence-corrected chi connectivity index (χ3v) is 3.20. The lowest BCUT2D eigenvalue weighted by molar-refractivity contribution is 0.232. The molecule has 16 heavy (non-hydrogen) atoms. The Balaban J connectivity index is 1.78. The Kier molecular flexibility index (Phi) is 3.78. The zero-order valence-corrected chi connectivity index (χ0v) is 10.2. The molecule has 3 heteroatoms. The summed E-state index contributed by atoms with van der Waals surface area (Å²) in [6.45, 7) is 8.37. The Morgan fingerprint density at radius 1 is 1.25 bits per heavy atom. The van der Waals surface area contributed by atoms with Crippen molar-refractivity contribution >= 4 is 0 Å². The lowest BCUT2D eigenvalue weighted by Crippen LogP contribution is -2.25. The van der Waals surface area contributed by atoms with Gasteiger partial charge in [0.25, 0.3) is 0 Å². The summed E-state index contributed by atoms with van der Waals surface area (Å²) >= 11 is 0. The Morgan fingerprint density at radius 3 is 2.69 bits per heavy atom. The largest absolute Gasteiger partial charge is 0.476 e. The van der Waals surface area contributed by atoms with Crippen molar-refractivity contribution in [2.45, 2.75) is 26.7 Å². The van der Waals surface area contributed by atoms with Crippen LogP contribution in [0.15, 0.2) is 12.3 Å². The molecule has 1 aliphatic rings. The molecule has 2 rings (SSSR count). The predicted octanol–water partition coefficient (Wildman–Crippen LogP) is 2.17. The van der Waals surface area contributed by atoms with Crippen LogP contribution in [0, 0.1) is 13.8 Å². The summed E-state index contributed by atoms with van der Waals surface area (Å²) in [7, 11) is 0. The van der Waals surface area contributed by atoms with Crippen LogP contribution in [0.4, 0.5) is 0 Å². The molecule has 0 N–H and O–H groups in total. The highest BCUT2D eigenvalue weighted by Gasteiger charge is 2.10. The average molecular weight is 220 g/mol. The van der Waals surface area contributed by atoms with Crippen molar-refractivity contribution in [1.29, 1.82) is 0 Å². The fourth-order valence-electron chi connectivity index (χ4n) is 1.96. The van der Waals surface area contributed by atoms with Crippen molar-refractivity contribution in [3.63, 3.8) is 0 Å². The van der Waals surface area contributed by atoms with E-state index in [4.69, 9.17) is 4.74 Å². The fourth-order valence-corrected chi connectivity index (χ4v) is 1.96. The van der Waals surface area contributed by atoms with Gasteiger partial charge in [0.1, 0.15) is 6.61 Å². The first-order valence-corrected chi connectivity index (χ1v) is 6.04. The van der Waals surface area contributed by atoms with E-state index < -0.39 is 0 Å². The van der Waals surface area contributed by atoms with Crippen LogP contribution < -0.4 is 4.74 Å². The summed E-state index contributed by atoms with van der Waals surface area (Å²) in [4.78, 5) is 6.71. The van der Waals surface area contributed by atoms with Gasteiger partial charge in [-0.3, -0.25) is 4.90 Å². The maximum Gasteiger partial charge on any atom is 0.213 e. The third-order valence-electron chi connectivity index (χ3n) is 3.20. The molecule has 1 fully saturated rings. The lowest BCUT2D eigenvalue weighted by atomic mass is 10.2. The minimum absolute atomic E-state index is 0.746. The molecular formula is C13H20N2O. The number of pyridine rings is 1. The number of hydrogen-bond acceptors (Lipinski definition) is 3. The van der Waals surface area contributed by atoms with E-state index in [2.05, 4.69) is 23.7 Å². The highest BCUT2D eigenvalue weighted by Crippen LogP contribution is 2.13. The van der Waals surface area contributed by atoms with Gasteiger partial charge in [0.15, 0.2) is 0 Å². The van der Waals surface area contributed by atoms with E-state index in [1.54, 1.807) is 0 Å². The van der Waals surface area contributed by atoms with Crippen LogP contribution in [-0.2, 0) is 0 Å². The molecule has 0 atom stereocenters. The monoisotopic (exact) mass is 220 g/mol. The summed E-state index contributed by atoms with van der Waals surface area (Å²) in [5.41, 5.74) is 2.46. The Labute approximate surface area is 97.4 Å². The van der Waals surface area contributed by atoms with Crippen molar-refractivity contribution in [2.75, 3.05) is 26.2 Å².